The fraction of sp³-hybridized carbons (Fsp3) is 0.462. The first-order valence-corrected chi connectivity index (χ1v) is 6.62. The summed E-state index contributed by atoms with van der Waals surface area (Å²) in [6.45, 7) is 1.91. The number of anilines is 1. The summed E-state index contributed by atoms with van der Waals surface area (Å²) >= 11 is 5.98. The van der Waals surface area contributed by atoms with Gasteiger partial charge in [-0.25, -0.2) is 0 Å². The molecule has 1 atom stereocenters. The molecule has 1 aromatic carbocycles. The van der Waals surface area contributed by atoms with Crippen molar-refractivity contribution < 1.29 is 4.79 Å². The third-order valence-corrected chi connectivity index (χ3v) is 3.55. The third-order valence-electron chi connectivity index (χ3n) is 3.23. The highest BCUT2D eigenvalue weighted by atomic mass is 35.5. The first-order chi connectivity index (χ1) is 8.68. The normalized spacial score (nSPS) is 18.8. The lowest BCUT2D eigenvalue weighted by Crippen LogP contribution is -2.24. The van der Waals surface area contributed by atoms with Crippen molar-refractivity contribution in [1.82, 2.24) is 5.32 Å². The largest absolute Gasteiger partial charge is 0.384 e. The number of halogens is 1. The van der Waals surface area contributed by atoms with Gasteiger partial charge >= 0.3 is 0 Å². The van der Waals surface area contributed by atoms with E-state index in [1.54, 1.807) is 6.07 Å². The fourth-order valence-corrected chi connectivity index (χ4v) is 2.57. The van der Waals surface area contributed by atoms with Crippen LogP contribution in [-0.2, 0) is 0 Å². The van der Waals surface area contributed by atoms with Crippen LogP contribution in [0.15, 0.2) is 18.2 Å². The highest BCUT2D eigenvalue weighted by Gasteiger charge is 2.15. The summed E-state index contributed by atoms with van der Waals surface area (Å²) in [5.74, 6) is -0.498. The van der Waals surface area contributed by atoms with Crippen molar-refractivity contribution in [2.45, 2.75) is 25.3 Å². The predicted octanol–water partition coefficient (Wildman–Crippen LogP) is 1.99. The van der Waals surface area contributed by atoms with Crippen molar-refractivity contribution >= 4 is 23.2 Å². The Labute approximate surface area is 112 Å². The number of hydrogen-bond donors (Lipinski definition) is 3. The van der Waals surface area contributed by atoms with Crippen LogP contribution in [0.3, 0.4) is 0 Å². The number of nitrogens with one attached hydrogen (secondary N) is 2. The molecule has 0 spiro atoms. The Morgan fingerprint density at radius 1 is 1.56 bits per heavy atom. The molecule has 1 saturated heterocycles. The van der Waals surface area contributed by atoms with Gasteiger partial charge in [-0.2, -0.15) is 0 Å². The van der Waals surface area contributed by atoms with Gasteiger partial charge in [0.25, 0.3) is 5.91 Å². The van der Waals surface area contributed by atoms with E-state index in [0.717, 1.165) is 19.5 Å². The van der Waals surface area contributed by atoms with E-state index in [1.807, 2.05) is 12.1 Å². The molecular formula is C13H18ClN3O. The first-order valence-electron chi connectivity index (χ1n) is 6.24. The highest BCUT2D eigenvalue weighted by Crippen LogP contribution is 2.24. The Kier molecular flexibility index (Phi) is 4.44. The van der Waals surface area contributed by atoms with Crippen molar-refractivity contribution in [1.29, 1.82) is 0 Å². The van der Waals surface area contributed by atoms with Crippen molar-refractivity contribution in [2.75, 3.05) is 18.4 Å². The van der Waals surface area contributed by atoms with E-state index in [0.29, 0.717) is 22.3 Å². The minimum Gasteiger partial charge on any atom is -0.384 e. The second-order valence-electron chi connectivity index (χ2n) is 4.54. The van der Waals surface area contributed by atoms with Crippen LogP contribution in [0.4, 0.5) is 5.69 Å². The Balaban J connectivity index is 1.96. The quantitative estimate of drug-likeness (QED) is 0.764. The maximum Gasteiger partial charge on any atom is 0.252 e. The average Bonchev–Trinajstić information content (AvgIpc) is 2.81. The van der Waals surface area contributed by atoms with Crippen LogP contribution >= 0.6 is 11.6 Å². The van der Waals surface area contributed by atoms with Crippen molar-refractivity contribution in [3.8, 4) is 0 Å². The number of hydrogen-bond acceptors (Lipinski definition) is 3. The molecule has 0 saturated carbocycles. The lowest BCUT2D eigenvalue weighted by Gasteiger charge is -2.14. The van der Waals surface area contributed by atoms with E-state index in [-0.39, 0.29) is 0 Å². The van der Waals surface area contributed by atoms with E-state index in [4.69, 9.17) is 17.3 Å². The molecular weight excluding hydrogens is 250 g/mol. The number of carbonyl (C=O) groups is 1. The maximum atomic E-state index is 11.3. The number of rotatable bonds is 5. The van der Waals surface area contributed by atoms with Crippen LogP contribution in [0.2, 0.25) is 5.02 Å². The second-order valence-corrected chi connectivity index (χ2v) is 4.94. The summed E-state index contributed by atoms with van der Waals surface area (Å²) in [6.07, 6.45) is 3.50. The van der Waals surface area contributed by atoms with E-state index >= 15 is 0 Å². The molecule has 1 aliphatic rings. The van der Waals surface area contributed by atoms with Gasteiger partial charge in [-0.05, 0) is 37.9 Å². The molecule has 0 aliphatic carbocycles. The standard InChI is InChI=1S/C13H18ClN3O/c14-10-4-1-5-11(12(10)13(15)18)17-8-6-9-3-2-7-16-9/h1,4-5,9,16-17H,2-3,6-8H2,(H2,15,18)/t9-/m1/s1. The van der Waals surface area contributed by atoms with Gasteiger partial charge in [-0.15, -0.1) is 0 Å². The fourth-order valence-electron chi connectivity index (χ4n) is 2.31. The zero-order valence-corrected chi connectivity index (χ0v) is 11.0. The van der Waals surface area contributed by atoms with Gasteiger partial charge in [-0.1, -0.05) is 17.7 Å². The Morgan fingerprint density at radius 3 is 3.06 bits per heavy atom. The molecule has 0 aromatic heterocycles. The van der Waals surface area contributed by atoms with Crippen LogP contribution in [0.1, 0.15) is 29.6 Å². The summed E-state index contributed by atoms with van der Waals surface area (Å²) < 4.78 is 0. The maximum absolute atomic E-state index is 11.3. The van der Waals surface area contributed by atoms with Gasteiger partial charge in [0.2, 0.25) is 0 Å². The molecule has 0 bridgehead atoms. The first kappa shape index (κ1) is 13.2. The topological polar surface area (TPSA) is 67.2 Å². The van der Waals surface area contributed by atoms with Gasteiger partial charge in [0, 0.05) is 18.3 Å². The number of amides is 1. The molecule has 1 heterocycles. The number of benzene rings is 1. The molecule has 1 aromatic rings. The predicted molar refractivity (Wildman–Crippen MR) is 74.1 cm³/mol. The van der Waals surface area contributed by atoms with Crippen LogP contribution in [0, 0.1) is 0 Å². The van der Waals surface area contributed by atoms with Crippen LogP contribution in [-0.4, -0.2) is 25.0 Å². The van der Waals surface area contributed by atoms with E-state index in [9.17, 15) is 4.79 Å². The van der Waals surface area contributed by atoms with Gasteiger partial charge in [0.15, 0.2) is 0 Å². The van der Waals surface area contributed by atoms with Crippen molar-refractivity contribution in [2.24, 2.45) is 5.73 Å². The van der Waals surface area contributed by atoms with Gasteiger partial charge in [0.05, 0.1) is 10.6 Å². The molecule has 4 N–H and O–H groups in total. The number of carbonyl (C=O) groups excluding carboxylic acids is 1. The molecule has 18 heavy (non-hydrogen) atoms. The summed E-state index contributed by atoms with van der Waals surface area (Å²) in [4.78, 5) is 11.3. The summed E-state index contributed by atoms with van der Waals surface area (Å²) in [5.41, 5.74) is 6.42. The molecule has 1 amide bonds. The monoisotopic (exact) mass is 267 g/mol. The molecule has 1 aliphatic heterocycles. The van der Waals surface area contributed by atoms with E-state index in [2.05, 4.69) is 10.6 Å². The Morgan fingerprint density at radius 2 is 2.39 bits per heavy atom. The summed E-state index contributed by atoms with van der Waals surface area (Å²) in [7, 11) is 0. The summed E-state index contributed by atoms with van der Waals surface area (Å²) in [5, 5.41) is 7.07. The Bertz CT molecular complexity index is 430. The van der Waals surface area contributed by atoms with Crippen molar-refractivity contribution in [3.05, 3.63) is 28.8 Å². The Hall–Kier alpha value is -1.26. The molecule has 98 valence electrons. The van der Waals surface area contributed by atoms with Crippen LogP contribution in [0.25, 0.3) is 0 Å². The lowest BCUT2D eigenvalue weighted by atomic mass is 10.1. The number of nitrogens with two attached hydrogens (primary N) is 1. The smallest absolute Gasteiger partial charge is 0.252 e. The molecule has 5 heteroatoms. The molecule has 1 fully saturated rings. The van der Waals surface area contributed by atoms with Crippen molar-refractivity contribution in [3.63, 3.8) is 0 Å². The average molecular weight is 268 g/mol. The van der Waals surface area contributed by atoms with Crippen LogP contribution < -0.4 is 16.4 Å². The number of primary amides is 1. The summed E-state index contributed by atoms with van der Waals surface area (Å²) in [6, 6.07) is 5.89. The van der Waals surface area contributed by atoms with Crippen LogP contribution in [0.5, 0.6) is 0 Å². The second kappa shape index (κ2) is 6.07. The minimum absolute atomic E-state index is 0.374. The SMILES string of the molecule is NC(=O)c1c(Cl)cccc1NCC[C@H]1CCCN1. The molecule has 0 radical (unpaired) electrons. The highest BCUT2D eigenvalue weighted by molar-refractivity contribution is 6.34. The molecule has 2 rings (SSSR count). The molecule has 0 unspecified atom stereocenters. The van der Waals surface area contributed by atoms with E-state index in [1.165, 1.54) is 12.8 Å². The van der Waals surface area contributed by atoms with Gasteiger partial charge in [0.1, 0.15) is 0 Å². The lowest BCUT2D eigenvalue weighted by molar-refractivity contribution is 0.100. The minimum atomic E-state index is -0.498. The van der Waals surface area contributed by atoms with Gasteiger partial charge < -0.3 is 16.4 Å². The third kappa shape index (κ3) is 3.15. The van der Waals surface area contributed by atoms with Gasteiger partial charge in [-0.3, -0.25) is 4.79 Å². The zero-order valence-electron chi connectivity index (χ0n) is 10.2. The zero-order chi connectivity index (χ0) is 13.0. The van der Waals surface area contributed by atoms with E-state index < -0.39 is 5.91 Å². The molecule has 4 nitrogen and oxygen atoms in total.